The van der Waals surface area contributed by atoms with E-state index in [2.05, 4.69) is 9.80 Å². The number of hydrogen-bond acceptors (Lipinski definition) is 11. The molecule has 9 rings (SSSR count). The van der Waals surface area contributed by atoms with E-state index >= 15 is 4.39 Å². The lowest BCUT2D eigenvalue weighted by Crippen LogP contribution is -2.63. The van der Waals surface area contributed by atoms with Crippen LogP contribution < -0.4 is 19.1 Å². The Morgan fingerprint density at radius 2 is 1.92 bits per heavy atom. The molecule has 5 aliphatic heterocycles. The fourth-order valence-corrected chi connectivity index (χ4v) is 9.26. The number of ether oxygens (including phenoxy) is 5. The minimum absolute atomic E-state index is 0.0127. The number of halogens is 2. The Bertz CT molecular complexity index is 2100. The molecule has 4 aromatic rings. The van der Waals surface area contributed by atoms with Gasteiger partial charge in [0.25, 0.3) is 0 Å². The van der Waals surface area contributed by atoms with Crippen molar-refractivity contribution in [2.45, 2.75) is 88.3 Å². The number of alkyl halides is 1. The van der Waals surface area contributed by atoms with Gasteiger partial charge in [0.1, 0.15) is 47.8 Å². The van der Waals surface area contributed by atoms with Crippen molar-refractivity contribution in [2.75, 3.05) is 51.7 Å². The van der Waals surface area contributed by atoms with Crippen molar-refractivity contribution in [1.29, 1.82) is 0 Å². The molecule has 4 saturated heterocycles. The number of piperazine rings is 1. The average molecular weight is 731 g/mol. The van der Waals surface area contributed by atoms with Crippen LogP contribution in [0.3, 0.4) is 0 Å². The number of amides is 1. The van der Waals surface area contributed by atoms with Gasteiger partial charge < -0.3 is 28.6 Å². The second-order valence-electron chi connectivity index (χ2n) is 16.0. The van der Waals surface area contributed by atoms with E-state index in [4.69, 9.17) is 38.6 Å². The first kappa shape index (κ1) is 34.2. The first-order valence-electron chi connectivity index (χ1n) is 18.5. The molecule has 280 valence electrons. The molecular formula is C39H44F2N6O6. The third-order valence-corrected chi connectivity index (χ3v) is 11.4. The third-order valence-electron chi connectivity index (χ3n) is 11.4. The first-order chi connectivity index (χ1) is 25.5. The molecule has 5 atom stereocenters. The summed E-state index contributed by atoms with van der Waals surface area (Å²) < 4.78 is 60.2. The number of rotatable bonds is 7. The predicted octanol–water partition coefficient (Wildman–Crippen LogP) is 6.27. The van der Waals surface area contributed by atoms with Crippen LogP contribution in [0.4, 0.5) is 19.4 Å². The number of nitrogens with zero attached hydrogens (tertiary/aromatic N) is 6. The molecule has 5 aliphatic rings. The molecule has 2 aromatic carbocycles. The number of anilines is 1. The lowest BCUT2D eigenvalue weighted by atomic mass is 9.95. The molecular weight excluding hydrogens is 686 g/mol. The van der Waals surface area contributed by atoms with Crippen LogP contribution in [0.1, 0.15) is 52.9 Å². The van der Waals surface area contributed by atoms with Crippen LogP contribution in [0.2, 0.25) is 0 Å². The zero-order valence-electron chi connectivity index (χ0n) is 30.4. The molecule has 12 nitrogen and oxygen atoms in total. The van der Waals surface area contributed by atoms with Gasteiger partial charge in [0.05, 0.1) is 34.9 Å². The lowest BCUT2D eigenvalue weighted by molar-refractivity contribution is 0.00537. The zero-order chi connectivity index (χ0) is 36.6. The number of benzene rings is 2. The van der Waals surface area contributed by atoms with Crippen LogP contribution >= 0.6 is 0 Å². The summed E-state index contributed by atoms with van der Waals surface area (Å²) in [6, 6.07) is 9.82. The van der Waals surface area contributed by atoms with Gasteiger partial charge >= 0.3 is 12.1 Å². The zero-order valence-corrected chi connectivity index (χ0v) is 30.4. The largest absolute Gasteiger partial charge is 0.475 e. The summed E-state index contributed by atoms with van der Waals surface area (Å²) in [5.41, 5.74) is 0.392. The summed E-state index contributed by atoms with van der Waals surface area (Å²) in [7, 11) is 1.53. The van der Waals surface area contributed by atoms with Crippen molar-refractivity contribution in [3.05, 3.63) is 42.2 Å². The maximum atomic E-state index is 15.6. The molecule has 0 N–H and O–H groups in total. The van der Waals surface area contributed by atoms with Gasteiger partial charge in [-0.25, -0.2) is 18.6 Å². The number of pyridine rings is 1. The number of aromatic nitrogens is 3. The third kappa shape index (κ3) is 5.94. The fourth-order valence-electron chi connectivity index (χ4n) is 9.26. The van der Waals surface area contributed by atoms with E-state index in [9.17, 15) is 9.18 Å². The highest BCUT2D eigenvalue weighted by Crippen LogP contribution is 2.46. The number of hydrogen-bond donors (Lipinski definition) is 0. The minimum atomic E-state index is -0.897. The summed E-state index contributed by atoms with van der Waals surface area (Å²) in [6.07, 6.45) is 2.61. The van der Waals surface area contributed by atoms with Crippen LogP contribution in [-0.4, -0.2) is 113 Å². The summed E-state index contributed by atoms with van der Waals surface area (Å²) in [6.45, 7) is 7.86. The highest BCUT2D eigenvalue weighted by atomic mass is 19.1. The van der Waals surface area contributed by atoms with Crippen LogP contribution in [0.5, 0.6) is 17.6 Å². The molecule has 1 amide bonds. The van der Waals surface area contributed by atoms with Gasteiger partial charge in [-0.2, -0.15) is 9.97 Å². The minimum Gasteiger partial charge on any atom is -0.475 e. The van der Waals surface area contributed by atoms with Gasteiger partial charge in [-0.1, -0.05) is 12.1 Å². The van der Waals surface area contributed by atoms with Gasteiger partial charge in [0.2, 0.25) is 5.88 Å². The van der Waals surface area contributed by atoms with Gasteiger partial charge in [-0.3, -0.25) is 9.80 Å². The molecule has 0 unspecified atom stereocenters. The van der Waals surface area contributed by atoms with Crippen molar-refractivity contribution in [1.82, 2.24) is 24.8 Å². The maximum Gasteiger partial charge on any atom is 0.410 e. The SMILES string of the molecule is COCOc1cc(-c2cc3nc(OC[C@@]45CCCN4C[C@@H](F)C5)nc4c3c(n2)OC[C@H]2[C@H]3CC[C@@H](CN42)N3C(=O)OC(C)(C)C)c2c(F)cccc2c1. The predicted molar refractivity (Wildman–Crippen MR) is 193 cm³/mol. The number of methoxy groups -OCH3 is 1. The van der Waals surface area contributed by atoms with Crippen LogP contribution in [0.25, 0.3) is 32.9 Å². The summed E-state index contributed by atoms with van der Waals surface area (Å²) in [5.74, 6) is 0.985. The second kappa shape index (κ2) is 12.8. The highest BCUT2D eigenvalue weighted by Gasteiger charge is 2.52. The van der Waals surface area contributed by atoms with Crippen molar-refractivity contribution in [2.24, 2.45) is 0 Å². The standard InChI is InChI=1S/C39H44F2N6O6/c1-38(2,3)53-37(48)47-24-9-10-30(47)31-19-50-35-33-29(15-28(42-35)26-14-25(52-21-49-4)13-22-7-5-8-27(41)32(22)26)43-36(44-34(33)46(31)18-24)51-20-39-11-6-12-45(39)17-23(40)16-39/h5,7-8,13-15,23-24,30-31H,6,9-12,16-21H2,1-4H3/t23-,24-,30+,31-,39-/m0/s1. The Kier molecular flexibility index (Phi) is 8.26. The maximum absolute atomic E-state index is 15.6. The van der Waals surface area contributed by atoms with E-state index in [-0.39, 0.29) is 50.2 Å². The Hall–Kier alpha value is -4.56. The van der Waals surface area contributed by atoms with Crippen LogP contribution in [0, 0.1) is 5.82 Å². The normalized spacial score (nSPS) is 26.4. The molecule has 0 saturated carbocycles. The summed E-state index contributed by atoms with van der Waals surface area (Å²) >= 11 is 0. The van der Waals surface area contributed by atoms with E-state index in [0.717, 1.165) is 32.2 Å². The molecule has 14 heteroatoms. The number of carbonyl (C=O) groups is 1. The topological polar surface area (TPSA) is 112 Å². The van der Waals surface area contributed by atoms with Crippen molar-refractivity contribution in [3.63, 3.8) is 0 Å². The quantitative estimate of drug-likeness (QED) is 0.201. The molecule has 0 spiro atoms. The smallest absolute Gasteiger partial charge is 0.410 e. The van der Waals surface area contributed by atoms with E-state index in [1.54, 1.807) is 24.3 Å². The summed E-state index contributed by atoms with van der Waals surface area (Å²) in [5, 5.41) is 1.62. The van der Waals surface area contributed by atoms with E-state index in [1.807, 2.05) is 31.7 Å². The van der Waals surface area contributed by atoms with Crippen LogP contribution in [-0.2, 0) is 9.47 Å². The Labute approximate surface area is 306 Å². The molecule has 0 radical (unpaired) electrons. The van der Waals surface area contributed by atoms with Crippen LogP contribution in [0.15, 0.2) is 36.4 Å². The number of carbonyl (C=O) groups excluding carboxylic acids is 1. The molecule has 2 aromatic heterocycles. The average Bonchev–Trinajstić information content (AvgIpc) is 3.72. The first-order valence-corrected chi connectivity index (χ1v) is 18.5. The number of fused-ring (bicyclic) bond motifs is 7. The van der Waals surface area contributed by atoms with Gasteiger partial charge in [0, 0.05) is 37.6 Å². The Morgan fingerprint density at radius 1 is 1.06 bits per heavy atom. The molecule has 0 aliphatic carbocycles. The Morgan fingerprint density at radius 3 is 2.75 bits per heavy atom. The van der Waals surface area contributed by atoms with Crippen molar-refractivity contribution >= 4 is 33.6 Å². The molecule has 53 heavy (non-hydrogen) atoms. The van der Waals surface area contributed by atoms with Gasteiger partial charge in [-0.15, -0.1) is 0 Å². The van der Waals surface area contributed by atoms with E-state index in [0.29, 0.717) is 69.9 Å². The van der Waals surface area contributed by atoms with E-state index < -0.39 is 23.1 Å². The molecule has 7 heterocycles. The second-order valence-corrected chi connectivity index (χ2v) is 16.0. The molecule has 4 fully saturated rings. The lowest BCUT2D eigenvalue weighted by Gasteiger charge is -2.46. The summed E-state index contributed by atoms with van der Waals surface area (Å²) in [4.78, 5) is 34.8. The molecule has 2 bridgehead atoms. The monoisotopic (exact) mass is 730 g/mol. The van der Waals surface area contributed by atoms with Crippen molar-refractivity contribution < 1.29 is 37.3 Å². The van der Waals surface area contributed by atoms with E-state index in [1.165, 1.54) is 13.2 Å². The highest BCUT2D eigenvalue weighted by molar-refractivity contribution is 6.01. The van der Waals surface area contributed by atoms with Gasteiger partial charge in [-0.05, 0) is 82.7 Å². The fraction of sp³-hybridized carbons (Fsp3) is 0.538. The Balaban J connectivity index is 1.17. The van der Waals surface area contributed by atoms with Gasteiger partial charge in [0.15, 0.2) is 6.79 Å². The van der Waals surface area contributed by atoms with Crippen molar-refractivity contribution in [3.8, 4) is 28.9 Å².